The maximum absolute atomic E-state index is 6.39. The molecule has 0 aliphatic rings. The molecule has 3 rings (SSSR count). The van der Waals surface area contributed by atoms with Gasteiger partial charge in [0.1, 0.15) is 17.6 Å². The first kappa shape index (κ1) is 21.8. The molecular formula is C22H31ClN4OSi. The summed E-state index contributed by atoms with van der Waals surface area (Å²) in [4.78, 5) is 12.8. The van der Waals surface area contributed by atoms with E-state index in [4.69, 9.17) is 16.0 Å². The van der Waals surface area contributed by atoms with Crippen molar-refractivity contribution in [3.63, 3.8) is 0 Å². The molecule has 0 spiro atoms. The van der Waals surface area contributed by atoms with Crippen LogP contribution in [0.15, 0.2) is 36.9 Å². The van der Waals surface area contributed by atoms with Gasteiger partial charge in [-0.3, -0.25) is 0 Å². The zero-order valence-corrected chi connectivity index (χ0v) is 20.0. The second-order valence-corrected chi connectivity index (χ2v) is 14.2. The molecule has 0 N–H and O–H groups in total. The summed E-state index contributed by atoms with van der Waals surface area (Å²) < 4.78 is 8.51. The molecule has 0 bridgehead atoms. The lowest BCUT2D eigenvalue weighted by Gasteiger charge is -2.36. The Morgan fingerprint density at radius 1 is 1.10 bits per heavy atom. The quantitative estimate of drug-likeness (QED) is 0.319. The summed E-state index contributed by atoms with van der Waals surface area (Å²) in [5.41, 5.74) is 2.78. The van der Waals surface area contributed by atoms with E-state index in [0.717, 1.165) is 30.7 Å². The Morgan fingerprint density at radius 3 is 2.41 bits per heavy atom. The van der Waals surface area contributed by atoms with Crippen LogP contribution in [0, 0.1) is 0 Å². The molecule has 1 atom stereocenters. The number of fused-ring (bicyclic) bond motifs is 1. The second-order valence-electron chi connectivity index (χ2n) is 9.10. The van der Waals surface area contributed by atoms with Crippen molar-refractivity contribution in [1.82, 2.24) is 19.5 Å². The van der Waals surface area contributed by atoms with Crippen LogP contribution in [0.5, 0.6) is 5.75 Å². The number of nitrogens with zero attached hydrogens (tertiary/aromatic N) is 4. The molecule has 0 saturated heterocycles. The SMILES string of the molecule is CC[C@H](CCc1ccc(O[Si](C)(C)C(C)(C)C)cc1)n1cnc2c(Cl)ncnc21. The normalized spacial score (nSPS) is 13.6. The zero-order chi connectivity index (χ0) is 21.2. The first-order valence-electron chi connectivity index (χ1n) is 10.2. The molecule has 0 aliphatic carbocycles. The molecule has 3 aromatic rings. The minimum atomic E-state index is -1.81. The van der Waals surface area contributed by atoms with Crippen LogP contribution in [-0.2, 0) is 6.42 Å². The Kier molecular flexibility index (Phi) is 6.34. The highest BCUT2D eigenvalue weighted by molar-refractivity contribution is 6.74. The van der Waals surface area contributed by atoms with Crippen LogP contribution in [-0.4, -0.2) is 27.8 Å². The summed E-state index contributed by atoms with van der Waals surface area (Å²) >= 11 is 6.14. The van der Waals surface area contributed by atoms with E-state index < -0.39 is 8.32 Å². The average Bonchev–Trinajstić information content (AvgIpc) is 3.08. The molecule has 156 valence electrons. The van der Waals surface area contributed by atoms with Crippen LogP contribution in [0.1, 0.15) is 52.1 Å². The highest BCUT2D eigenvalue weighted by atomic mass is 35.5. The molecule has 0 saturated carbocycles. The third-order valence-electron chi connectivity index (χ3n) is 6.05. The number of benzene rings is 1. The molecule has 7 heteroatoms. The monoisotopic (exact) mass is 430 g/mol. The summed E-state index contributed by atoms with van der Waals surface area (Å²) in [6, 6.07) is 8.89. The van der Waals surface area contributed by atoms with Crippen LogP contribution >= 0.6 is 11.6 Å². The van der Waals surface area contributed by atoms with E-state index in [1.54, 1.807) is 0 Å². The highest BCUT2D eigenvalue weighted by Gasteiger charge is 2.38. The lowest BCUT2D eigenvalue weighted by Crippen LogP contribution is -2.43. The summed E-state index contributed by atoms with van der Waals surface area (Å²) in [5, 5.41) is 0.598. The molecule has 0 aliphatic heterocycles. The van der Waals surface area contributed by atoms with Gasteiger partial charge in [-0.05, 0) is 55.1 Å². The number of rotatable bonds is 7. The minimum absolute atomic E-state index is 0.194. The highest BCUT2D eigenvalue weighted by Crippen LogP contribution is 2.37. The van der Waals surface area contributed by atoms with Gasteiger partial charge in [-0.1, -0.05) is 51.4 Å². The minimum Gasteiger partial charge on any atom is -0.544 e. The Balaban J connectivity index is 1.68. The Hall–Kier alpha value is -1.92. The van der Waals surface area contributed by atoms with Crippen molar-refractivity contribution in [1.29, 1.82) is 0 Å². The smallest absolute Gasteiger partial charge is 0.250 e. The summed E-state index contributed by atoms with van der Waals surface area (Å²) in [6.07, 6.45) is 6.31. The number of halogens is 1. The Labute approximate surface area is 179 Å². The van der Waals surface area contributed by atoms with Gasteiger partial charge >= 0.3 is 0 Å². The number of aromatic nitrogens is 4. The number of hydrogen-bond acceptors (Lipinski definition) is 4. The van der Waals surface area contributed by atoms with E-state index in [9.17, 15) is 0 Å². The molecule has 0 unspecified atom stereocenters. The van der Waals surface area contributed by atoms with Crippen molar-refractivity contribution in [2.24, 2.45) is 0 Å². The molecular weight excluding hydrogens is 400 g/mol. The molecule has 5 nitrogen and oxygen atoms in total. The predicted molar refractivity (Wildman–Crippen MR) is 122 cm³/mol. The topological polar surface area (TPSA) is 52.8 Å². The van der Waals surface area contributed by atoms with Gasteiger partial charge in [0.2, 0.25) is 8.32 Å². The van der Waals surface area contributed by atoms with Crippen molar-refractivity contribution in [3.8, 4) is 5.75 Å². The lowest BCUT2D eigenvalue weighted by molar-refractivity contribution is 0.460. The van der Waals surface area contributed by atoms with Crippen molar-refractivity contribution in [2.45, 2.75) is 71.1 Å². The van der Waals surface area contributed by atoms with Gasteiger partial charge in [-0.25, -0.2) is 15.0 Å². The third kappa shape index (κ3) is 4.81. The standard InChI is InChI=1S/C22H31ClN4OSi/c1-7-17(27-15-26-19-20(23)24-14-25-21(19)27)11-8-16-9-12-18(13-10-16)28-29(5,6)22(2,3)4/h9-10,12-15,17H,7-8,11H2,1-6H3/t17-/m1/s1. The maximum Gasteiger partial charge on any atom is 0.250 e. The number of imidazole rings is 1. The second kappa shape index (κ2) is 8.44. The predicted octanol–water partition coefficient (Wildman–Crippen LogP) is 6.45. The molecule has 0 radical (unpaired) electrons. The van der Waals surface area contributed by atoms with Gasteiger partial charge in [-0.2, -0.15) is 0 Å². The summed E-state index contributed by atoms with van der Waals surface area (Å²) in [6.45, 7) is 13.5. The fourth-order valence-electron chi connectivity index (χ4n) is 3.14. The summed E-state index contributed by atoms with van der Waals surface area (Å²) in [7, 11) is -1.81. The number of hydrogen-bond donors (Lipinski definition) is 0. The Morgan fingerprint density at radius 2 is 1.79 bits per heavy atom. The maximum atomic E-state index is 6.39. The van der Waals surface area contributed by atoms with Crippen LogP contribution in [0.4, 0.5) is 0 Å². The van der Waals surface area contributed by atoms with E-state index >= 15 is 0 Å². The van der Waals surface area contributed by atoms with Crippen LogP contribution in [0.25, 0.3) is 11.2 Å². The molecule has 2 heterocycles. The average molecular weight is 431 g/mol. The summed E-state index contributed by atoms with van der Waals surface area (Å²) in [5.74, 6) is 0.972. The molecule has 2 aromatic heterocycles. The van der Waals surface area contributed by atoms with Gasteiger partial charge in [-0.15, -0.1) is 0 Å². The van der Waals surface area contributed by atoms with Crippen LogP contribution < -0.4 is 4.43 Å². The fourth-order valence-corrected chi connectivity index (χ4v) is 4.34. The van der Waals surface area contributed by atoms with Gasteiger partial charge in [0, 0.05) is 6.04 Å². The van der Waals surface area contributed by atoms with Crippen LogP contribution in [0.3, 0.4) is 0 Å². The number of aryl methyl sites for hydroxylation is 1. The van der Waals surface area contributed by atoms with E-state index in [0.29, 0.717) is 16.7 Å². The zero-order valence-electron chi connectivity index (χ0n) is 18.2. The largest absolute Gasteiger partial charge is 0.544 e. The first-order valence-corrected chi connectivity index (χ1v) is 13.5. The molecule has 0 fully saturated rings. The van der Waals surface area contributed by atoms with E-state index in [-0.39, 0.29) is 5.04 Å². The van der Waals surface area contributed by atoms with Crippen molar-refractivity contribution < 1.29 is 4.43 Å². The van der Waals surface area contributed by atoms with Gasteiger partial charge in [0.25, 0.3) is 0 Å². The van der Waals surface area contributed by atoms with Crippen LogP contribution in [0.2, 0.25) is 23.3 Å². The van der Waals surface area contributed by atoms with Gasteiger partial charge in [0.15, 0.2) is 10.8 Å². The van der Waals surface area contributed by atoms with Gasteiger partial charge < -0.3 is 8.99 Å². The van der Waals surface area contributed by atoms with E-state index in [2.05, 4.69) is 84.6 Å². The van der Waals surface area contributed by atoms with Gasteiger partial charge in [0.05, 0.1) is 6.33 Å². The van der Waals surface area contributed by atoms with E-state index in [1.165, 1.54) is 11.9 Å². The van der Waals surface area contributed by atoms with Crippen molar-refractivity contribution in [2.75, 3.05) is 0 Å². The molecule has 29 heavy (non-hydrogen) atoms. The van der Waals surface area contributed by atoms with Crippen molar-refractivity contribution in [3.05, 3.63) is 47.6 Å². The Bertz CT molecular complexity index is 963. The molecule has 0 amide bonds. The lowest BCUT2D eigenvalue weighted by atomic mass is 10.0. The first-order chi connectivity index (χ1) is 13.6. The molecule has 1 aromatic carbocycles. The van der Waals surface area contributed by atoms with Crippen molar-refractivity contribution >= 4 is 31.1 Å². The third-order valence-corrected chi connectivity index (χ3v) is 10.7. The van der Waals surface area contributed by atoms with E-state index in [1.807, 2.05) is 6.33 Å². The fraction of sp³-hybridized carbons (Fsp3) is 0.500.